The van der Waals surface area contributed by atoms with E-state index in [4.69, 9.17) is 5.11 Å². The maximum absolute atomic E-state index is 9.98. The number of nitrogens with zero attached hydrogens (tertiary/aromatic N) is 1. The number of hydrogen-bond donors (Lipinski definition) is 2. The van der Waals surface area contributed by atoms with Crippen LogP contribution in [-0.2, 0) is 6.54 Å². The van der Waals surface area contributed by atoms with Crippen molar-refractivity contribution in [1.82, 2.24) is 4.90 Å². The van der Waals surface area contributed by atoms with Gasteiger partial charge in [-0.2, -0.15) is 0 Å². The zero-order chi connectivity index (χ0) is 14.4. The van der Waals surface area contributed by atoms with E-state index in [-0.39, 0.29) is 6.61 Å². The first-order valence-corrected chi connectivity index (χ1v) is 7.23. The monoisotopic (exact) mass is 273 g/mol. The molecule has 1 aliphatic rings. The van der Waals surface area contributed by atoms with Crippen molar-refractivity contribution < 1.29 is 10.2 Å². The van der Waals surface area contributed by atoms with Gasteiger partial charge in [0.05, 0.1) is 12.2 Å². The van der Waals surface area contributed by atoms with Gasteiger partial charge in [-0.15, -0.1) is 0 Å². The fourth-order valence-corrected chi connectivity index (χ4v) is 2.43. The van der Waals surface area contributed by atoms with E-state index < -0.39 is 5.60 Å². The summed E-state index contributed by atoms with van der Waals surface area (Å²) in [6, 6.07) is 8.16. The Morgan fingerprint density at radius 3 is 2.65 bits per heavy atom. The molecule has 108 valence electrons. The van der Waals surface area contributed by atoms with Gasteiger partial charge in [-0.3, -0.25) is 4.90 Å². The van der Waals surface area contributed by atoms with E-state index in [1.807, 2.05) is 25.1 Å². The summed E-state index contributed by atoms with van der Waals surface area (Å²) in [5.41, 5.74) is 1.76. The van der Waals surface area contributed by atoms with Crippen LogP contribution in [0.2, 0.25) is 0 Å². The van der Waals surface area contributed by atoms with Gasteiger partial charge in [-0.1, -0.05) is 30.0 Å². The first-order valence-electron chi connectivity index (χ1n) is 7.23. The molecule has 1 saturated heterocycles. The molecule has 1 aromatic carbocycles. The van der Waals surface area contributed by atoms with E-state index in [0.717, 1.165) is 38.0 Å². The summed E-state index contributed by atoms with van der Waals surface area (Å²) >= 11 is 0. The minimum absolute atomic E-state index is 0.108. The summed E-state index contributed by atoms with van der Waals surface area (Å²) < 4.78 is 0. The molecule has 20 heavy (non-hydrogen) atoms. The predicted octanol–water partition coefficient (Wildman–Crippen LogP) is 1.77. The second-order valence-electron chi connectivity index (χ2n) is 5.71. The minimum Gasteiger partial charge on any atom is -0.395 e. The Morgan fingerprint density at radius 1 is 1.25 bits per heavy atom. The van der Waals surface area contributed by atoms with E-state index in [2.05, 4.69) is 22.8 Å². The predicted molar refractivity (Wildman–Crippen MR) is 80.2 cm³/mol. The highest BCUT2D eigenvalue weighted by molar-refractivity contribution is 5.41. The average molecular weight is 273 g/mol. The molecule has 2 rings (SSSR count). The number of aliphatic hydroxyl groups excluding tert-OH is 1. The number of likely N-dealkylation sites (tertiary alicyclic amines) is 1. The molecule has 0 amide bonds. The third-order valence-corrected chi connectivity index (χ3v) is 3.80. The van der Waals surface area contributed by atoms with Gasteiger partial charge in [0.15, 0.2) is 0 Å². The Kier molecular flexibility index (Phi) is 5.19. The highest BCUT2D eigenvalue weighted by atomic mass is 16.3. The van der Waals surface area contributed by atoms with E-state index in [9.17, 15) is 5.11 Å². The van der Waals surface area contributed by atoms with E-state index in [0.29, 0.717) is 6.42 Å². The normalized spacial score (nSPS) is 18.4. The molecule has 3 heteroatoms. The van der Waals surface area contributed by atoms with Crippen LogP contribution in [0.25, 0.3) is 0 Å². The lowest BCUT2D eigenvalue weighted by molar-refractivity contribution is -0.00731. The number of piperidine rings is 1. The van der Waals surface area contributed by atoms with Crippen molar-refractivity contribution >= 4 is 0 Å². The summed E-state index contributed by atoms with van der Waals surface area (Å²) in [5, 5.41) is 18.8. The van der Waals surface area contributed by atoms with Crippen molar-refractivity contribution in [1.29, 1.82) is 0 Å². The van der Waals surface area contributed by atoms with Gasteiger partial charge in [0.1, 0.15) is 0 Å². The largest absolute Gasteiger partial charge is 0.395 e. The zero-order valence-corrected chi connectivity index (χ0v) is 12.1. The van der Waals surface area contributed by atoms with Gasteiger partial charge in [0.2, 0.25) is 0 Å². The quantitative estimate of drug-likeness (QED) is 0.825. The smallest absolute Gasteiger partial charge is 0.0644 e. The standard InChI is InChI=1S/C17H23NO2/c1-17(20)9-11-18(12-10-17)14-16-8-3-2-6-15(16)7-4-5-13-19/h2-3,6,8,19-20H,5,9-14H2,1H3. The second kappa shape index (κ2) is 6.90. The topological polar surface area (TPSA) is 43.7 Å². The van der Waals surface area contributed by atoms with Crippen LogP contribution in [-0.4, -0.2) is 40.4 Å². The van der Waals surface area contributed by atoms with E-state index in [1.165, 1.54) is 5.56 Å². The molecular formula is C17H23NO2. The van der Waals surface area contributed by atoms with E-state index in [1.54, 1.807) is 0 Å². The molecule has 0 aromatic heterocycles. The van der Waals surface area contributed by atoms with Crippen LogP contribution in [0.5, 0.6) is 0 Å². The van der Waals surface area contributed by atoms with Crippen LogP contribution >= 0.6 is 0 Å². The second-order valence-corrected chi connectivity index (χ2v) is 5.71. The van der Waals surface area contributed by atoms with Crippen molar-refractivity contribution in [2.24, 2.45) is 0 Å². The molecule has 1 aliphatic heterocycles. The van der Waals surface area contributed by atoms with Crippen molar-refractivity contribution in [3.8, 4) is 11.8 Å². The summed E-state index contributed by atoms with van der Waals surface area (Å²) in [5.74, 6) is 6.12. The molecule has 0 radical (unpaired) electrons. The first kappa shape index (κ1) is 15.1. The van der Waals surface area contributed by atoms with Crippen molar-refractivity contribution in [3.63, 3.8) is 0 Å². The highest BCUT2D eigenvalue weighted by Crippen LogP contribution is 2.23. The lowest BCUT2D eigenvalue weighted by Gasteiger charge is -2.35. The summed E-state index contributed by atoms with van der Waals surface area (Å²) in [7, 11) is 0. The van der Waals surface area contributed by atoms with Crippen molar-refractivity contribution in [2.45, 2.75) is 38.3 Å². The maximum Gasteiger partial charge on any atom is 0.0644 e. The average Bonchev–Trinajstić information content (AvgIpc) is 2.43. The molecule has 1 fully saturated rings. The molecule has 0 bridgehead atoms. The third kappa shape index (κ3) is 4.35. The number of aliphatic hydroxyl groups is 2. The fraction of sp³-hybridized carbons (Fsp3) is 0.529. The summed E-state index contributed by atoms with van der Waals surface area (Å²) in [6.07, 6.45) is 2.16. The van der Waals surface area contributed by atoms with Crippen LogP contribution in [0.15, 0.2) is 24.3 Å². The molecule has 1 aromatic rings. The van der Waals surface area contributed by atoms with Crippen LogP contribution in [0, 0.1) is 11.8 Å². The molecule has 1 heterocycles. The Labute approximate surface area is 121 Å². The summed E-state index contributed by atoms with van der Waals surface area (Å²) in [4.78, 5) is 2.37. The van der Waals surface area contributed by atoms with Crippen molar-refractivity contribution in [3.05, 3.63) is 35.4 Å². The van der Waals surface area contributed by atoms with Gasteiger partial charge in [-0.05, 0) is 31.4 Å². The van der Waals surface area contributed by atoms with Gasteiger partial charge in [0, 0.05) is 31.6 Å². The Balaban J connectivity index is 2.01. The highest BCUT2D eigenvalue weighted by Gasteiger charge is 2.27. The Hall–Kier alpha value is -1.34. The maximum atomic E-state index is 9.98. The van der Waals surface area contributed by atoms with Gasteiger partial charge in [0.25, 0.3) is 0 Å². The van der Waals surface area contributed by atoms with Gasteiger partial charge >= 0.3 is 0 Å². The Morgan fingerprint density at radius 2 is 1.95 bits per heavy atom. The molecule has 3 nitrogen and oxygen atoms in total. The molecular weight excluding hydrogens is 250 g/mol. The van der Waals surface area contributed by atoms with Crippen molar-refractivity contribution in [2.75, 3.05) is 19.7 Å². The molecule has 0 atom stereocenters. The lowest BCUT2D eigenvalue weighted by atomic mass is 9.93. The number of hydrogen-bond acceptors (Lipinski definition) is 3. The van der Waals surface area contributed by atoms with Crippen LogP contribution < -0.4 is 0 Å². The molecule has 0 saturated carbocycles. The lowest BCUT2D eigenvalue weighted by Crippen LogP contribution is -2.42. The van der Waals surface area contributed by atoms with E-state index >= 15 is 0 Å². The van der Waals surface area contributed by atoms with Crippen LogP contribution in [0.1, 0.15) is 37.3 Å². The fourth-order valence-electron chi connectivity index (χ4n) is 2.43. The number of benzene rings is 1. The van der Waals surface area contributed by atoms with Crippen LogP contribution in [0.4, 0.5) is 0 Å². The molecule has 0 spiro atoms. The van der Waals surface area contributed by atoms with Crippen LogP contribution in [0.3, 0.4) is 0 Å². The first-order chi connectivity index (χ1) is 9.61. The third-order valence-electron chi connectivity index (χ3n) is 3.80. The molecule has 0 unspecified atom stereocenters. The molecule has 2 N–H and O–H groups in total. The van der Waals surface area contributed by atoms with Gasteiger partial charge < -0.3 is 10.2 Å². The minimum atomic E-state index is -0.503. The zero-order valence-electron chi connectivity index (χ0n) is 12.1. The van der Waals surface area contributed by atoms with Gasteiger partial charge in [-0.25, -0.2) is 0 Å². The number of rotatable bonds is 3. The molecule has 0 aliphatic carbocycles. The SMILES string of the molecule is CC1(O)CCN(Cc2ccccc2C#CCCO)CC1. The summed E-state index contributed by atoms with van der Waals surface area (Å²) in [6.45, 7) is 4.74. The Bertz CT molecular complexity index is 489.